The molecule has 0 N–H and O–H groups in total. The molecule has 0 atom stereocenters. The Morgan fingerprint density at radius 1 is 1.29 bits per heavy atom. The number of carbonyl (C=O) groups excluding carboxylic acids is 1. The molecule has 1 aromatic carbocycles. The Bertz CT molecular complexity index is 301. The van der Waals surface area contributed by atoms with E-state index >= 15 is 0 Å². The van der Waals surface area contributed by atoms with Crippen molar-refractivity contribution in [2.45, 2.75) is 26.0 Å². The first-order valence-corrected chi connectivity index (χ1v) is 5.86. The summed E-state index contributed by atoms with van der Waals surface area (Å²) in [7, 11) is 0. The van der Waals surface area contributed by atoms with Gasteiger partial charge in [-0.3, -0.25) is 4.79 Å². The third-order valence-electron chi connectivity index (χ3n) is 1.92. The third kappa shape index (κ3) is 3.54. The molecule has 0 saturated heterocycles. The lowest BCUT2D eigenvalue weighted by atomic mass is 10.1. The fraction of sp³-hybridized carbons (Fsp3) is 0.417. The smallest absolute Gasteiger partial charge is 0.172 e. The van der Waals surface area contributed by atoms with Gasteiger partial charge in [0.25, 0.3) is 0 Å². The maximum atomic E-state index is 11.6. The zero-order chi connectivity index (χ0) is 10.6. The molecule has 0 aliphatic carbocycles. The lowest BCUT2D eigenvalue weighted by molar-refractivity contribution is 0.102. The van der Waals surface area contributed by atoms with E-state index in [1.54, 1.807) is 11.8 Å². The van der Waals surface area contributed by atoms with Crippen molar-refractivity contribution in [3.05, 3.63) is 35.4 Å². The molecule has 76 valence electrons. The lowest BCUT2D eigenvalue weighted by Gasteiger charge is -2.04. The number of Topliss-reactive ketones (excluding diaryl/α,β-unsaturated/α-hetero) is 1. The van der Waals surface area contributed by atoms with Gasteiger partial charge in [0, 0.05) is 5.56 Å². The van der Waals surface area contributed by atoms with Crippen LogP contribution in [-0.2, 0) is 0 Å². The number of hydrogen-bond acceptors (Lipinski definition) is 2. The fourth-order valence-corrected chi connectivity index (χ4v) is 1.72. The van der Waals surface area contributed by atoms with Gasteiger partial charge in [0.1, 0.15) is 0 Å². The van der Waals surface area contributed by atoms with Crippen molar-refractivity contribution in [1.29, 1.82) is 0 Å². The van der Waals surface area contributed by atoms with Gasteiger partial charge in [0.15, 0.2) is 5.78 Å². The van der Waals surface area contributed by atoms with E-state index in [-0.39, 0.29) is 5.78 Å². The summed E-state index contributed by atoms with van der Waals surface area (Å²) in [5, 5.41) is 0.518. The minimum absolute atomic E-state index is 0.226. The van der Waals surface area contributed by atoms with Gasteiger partial charge in [-0.2, -0.15) is 11.8 Å². The average Bonchev–Trinajstić information content (AvgIpc) is 2.15. The summed E-state index contributed by atoms with van der Waals surface area (Å²) in [5.41, 5.74) is 2.02. The molecular formula is C12H16OS. The molecule has 0 amide bonds. The predicted molar refractivity (Wildman–Crippen MR) is 63.1 cm³/mol. The number of thioether (sulfide) groups is 1. The van der Waals surface area contributed by atoms with Crippen molar-refractivity contribution < 1.29 is 4.79 Å². The Labute approximate surface area is 89.9 Å². The molecule has 0 heterocycles. The van der Waals surface area contributed by atoms with Gasteiger partial charge in [-0.1, -0.05) is 43.7 Å². The molecule has 0 spiro atoms. The zero-order valence-electron chi connectivity index (χ0n) is 8.91. The lowest BCUT2D eigenvalue weighted by Crippen LogP contribution is -2.04. The number of benzene rings is 1. The zero-order valence-corrected chi connectivity index (χ0v) is 9.73. The van der Waals surface area contributed by atoms with Crippen LogP contribution in [0.1, 0.15) is 29.8 Å². The SMILES string of the molecule is Cc1ccc(C(=O)CSC(C)C)cc1. The summed E-state index contributed by atoms with van der Waals surface area (Å²) in [6, 6.07) is 7.76. The van der Waals surface area contributed by atoms with Crippen LogP contribution in [0.25, 0.3) is 0 Å². The maximum absolute atomic E-state index is 11.6. The molecule has 2 heteroatoms. The molecule has 1 rings (SSSR count). The van der Waals surface area contributed by atoms with Crippen molar-refractivity contribution >= 4 is 17.5 Å². The van der Waals surface area contributed by atoms with E-state index < -0.39 is 0 Å². The fourth-order valence-electron chi connectivity index (χ4n) is 1.07. The summed E-state index contributed by atoms with van der Waals surface area (Å²) >= 11 is 1.69. The van der Waals surface area contributed by atoms with Crippen molar-refractivity contribution in [2.24, 2.45) is 0 Å². The molecule has 1 nitrogen and oxygen atoms in total. The van der Waals surface area contributed by atoms with Gasteiger partial charge in [-0.15, -0.1) is 0 Å². The number of aryl methyl sites for hydroxylation is 1. The van der Waals surface area contributed by atoms with Gasteiger partial charge in [-0.25, -0.2) is 0 Å². The highest BCUT2D eigenvalue weighted by atomic mass is 32.2. The summed E-state index contributed by atoms with van der Waals surface area (Å²) < 4.78 is 0. The van der Waals surface area contributed by atoms with E-state index in [0.29, 0.717) is 11.0 Å². The molecule has 14 heavy (non-hydrogen) atoms. The van der Waals surface area contributed by atoms with Crippen LogP contribution in [0.3, 0.4) is 0 Å². The second-order valence-electron chi connectivity index (χ2n) is 3.65. The van der Waals surface area contributed by atoms with Crippen LogP contribution in [0.2, 0.25) is 0 Å². The molecule has 0 bridgehead atoms. The van der Waals surface area contributed by atoms with E-state index in [9.17, 15) is 4.79 Å². The van der Waals surface area contributed by atoms with Crippen LogP contribution in [0, 0.1) is 6.92 Å². The van der Waals surface area contributed by atoms with Gasteiger partial charge < -0.3 is 0 Å². The molecular weight excluding hydrogens is 192 g/mol. The van der Waals surface area contributed by atoms with Crippen LogP contribution in [0.15, 0.2) is 24.3 Å². The molecule has 0 saturated carbocycles. The molecule has 0 radical (unpaired) electrons. The Balaban J connectivity index is 2.57. The highest BCUT2D eigenvalue weighted by molar-refractivity contribution is 8.00. The van der Waals surface area contributed by atoms with Crippen LogP contribution in [0.5, 0.6) is 0 Å². The first-order valence-electron chi connectivity index (χ1n) is 4.81. The van der Waals surface area contributed by atoms with Crippen LogP contribution in [-0.4, -0.2) is 16.8 Å². The van der Waals surface area contributed by atoms with E-state index in [1.165, 1.54) is 5.56 Å². The van der Waals surface area contributed by atoms with E-state index in [1.807, 2.05) is 31.2 Å². The average molecular weight is 208 g/mol. The second kappa shape index (κ2) is 5.20. The van der Waals surface area contributed by atoms with Crippen molar-refractivity contribution in [2.75, 3.05) is 5.75 Å². The van der Waals surface area contributed by atoms with E-state index in [4.69, 9.17) is 0 Å². The van der Waals surface area contributed by atoms with Crippen molar-refractivity contribution in [1.82, 2.24) is 0 Å². The molecule has 0 aliphatic rings. The quantitative estimate of drug-likeness (QED) is 0.706. The van der Waals surface area contributed by atoms with E-state index in [0.717, 1.165) is 5.56 Å². The van der Waals surface area contributed by atoms with Gasteiger partial charge in [0.05, 0.1) is 5.75 Å². The summed E-state index contributed by atoms with van der Waals surface area (Å²) in [4.78, 5) is 11.6. The topological polar surface area (TPSA) is 17.1 Å². The minimum Gasteiger partial charge on any atom is -0.293 e. The number of hydrogen-bond donors (Lipinski definition) is 0. The Hall–Kier alpha value is -0.760. The summed E-state index contributed by atoms with van der Waals surface area (Å²) in [6.45, 7) is 6.23. The Morgan fingerprint density at radius 3 is 2.36 bits per heavy atom. The van der Waals surface area contributed by atoms with Crippen LogP contribution in [0.4, 0.5) is 0 Å². The van der Waals surface area contributed by atoms with Gasteiger partial charge in [0.2, 0.25) is 0 Å². The van der Waals surface area contributed by atoms with Crippen LogP contribution >= 0.6 is 11.8 Å². The van der Waals surface area contributed by atoms with Crippen molar-refractivity contribution in [3.8, 4) is 0 Å². The minimum atomic E-state index is 0.226. The molecule has 0 aromatic heterocycles. The monoisotopic (exact) mass is 208 g/mol. The molecule has 0 fully saturated rings. The molecule has 0 aliphatic heterocycles. The highest BCUT2D eigenvalue weighted by Gasteiger charge is 2.06. The van der Waals surface area contributed by atoms with Crippen molar-refractivity contribution in [3.63, 3.8) is 0 Å². The molecule has 1 aromatic rings. The van der Waals surface area contributed by atoms with Crippen LogP contribution < -0.4 is 0 Å². The number of carbonyl (C=O) groups is 1. The predicted octanol–water partition coefficient (Wildman–Crippen LogP) is 3.32. The molecule has 0 unspecified atom stereocenters. The first kappa shape index (κ1) is 11.3. The third-order valence-corrected chi connectivity index (χ3v) is 3.02. The summed E-state index contributed by atoms with van der Waals surface area (Å²) in [5.74, 6) is 0.810. The number of ketones is 1. The maximum Gasteiger partial charge on any atom is 0.172 e. The first-order chi connectivity index (χ1) is 6.59. The Morgan fingerprint density at radius 2 is 1.86 bits per heavy atom. The highest BCUT2D eigenvalue weighted by Crippen LogP contribution is 2.12. The van der Waals surface area contributed by atoms with Gasteiger partial charge >= 0.3 is 0 Å². The van der Waals surface area contributed by atoms with Gasteiger partial charge in [-0.05, 0) is 12.2 Å². The Kier molecular flexibility index (Phi) is 4.21. The normalized spacial score (nSPS) is 10.6. The summed E-state index contributed by atoms with van der Waals surface area (Å²) in [6.07, 6.45) is 0. The number of rotatable bonds is 4. The standard InChI is InChI=1S/C12H16OS/c1-9(2)14-8-12(13)11-6-4-10(3)5-7-11/h4-7,9H,8H2,1-3H3. The second-order valence-corrected chi connectivity index (χ2v) is 5.21. The largest absolute Gasteiger partial charge is 0.293 e. The van der Waals surface area contributed by atoms with E-state index in [2.05, 4.69) is 13.8 Å².